The number of hydrogen-bond donors (Lipinski definition) is 4. The van der Waals surface area contributed by atoms with Gasteiger partial charge in [-0.05, 0) is 30.7 Å². The second-order valence-corrected chi connectivity index (χ2v) is 10.9. The van der Waals surface area contributed by atoms with E-state index in [4.69, 9.17) is 0 Å². The molecule has 37 heavy (non-hydrogen) atoms. The Morgan fingerprint density at radius 1 is 0.973 bits per heavy atom. The second kappa shape index (κ2) is 16.1. The Bertz CT molecular complexity index is 925. The van der Waals surface area contributed by atoms with E-state index in [9.17, 15) is 24.0 Å². The third-order valence-corrected chi connectivity index (χ3v) is 7.03. The van der Waals surface area contributed by atoms with Crippen LogP contribution < -0.4 is 21.3 Å². The molecule has 2 rings (SSSR count). The first-order valence-corrected chi connectivity index (χ1v) is 14.0. The van der Waals surface area contributed by atoms with Crippen molar-refractivity contribution in [3.05, 3.63) is 35.9 Å². The summed E-state index contributed by atoms with van der Waals surface area (Å²) in [4.78, 5) is 63.5. The molecule has 1 heterocycles. The standard InChI is InChI=1S/C27H40N4O5S/c1-18(2)15-21-26(35)31-22(16-20-11-7-6-8-12-20)27(36)37-17-23(29-19(3)32)25(34)28-14-10-5-4-9-13-24(33)30-21/h6-8,11-12,18,21-23H,4-5,9-10,13-17H2,1-3H3,(H,28,34)(H,29,32)(H,30,33)(H,31,35)/t21-,22-,23-/m0/s1. The van der Waals surface area contributed by atoms with E-state index < -0.39 is 24.0 Å². The van der Waals surface area contributed by atoms with Gasteiger partial charge in [-0.1, -0.05) is 68.8 Å². The minimum atomic E-state index is -0.869. The number of carbonyl (C=O) groups is 5. The molecule has 1 fully saturated rings. The van der Waals surface area contributed by atoms with Crippen molar-refractivity contribution >= 4 is 40.5 Å². The normalized spacial score (nSPS) is 23.3. The number of amides is 4. The summed E-state index contributed by atoms with van der Waals surface area (Å²) in [6.45, 7) is 5.72. The highest BCUT2D eigenvalue weighted by Gasteiger charge is 2.29. The molecule has 1 aliphatic heterocycles. The van der Waals surface area contributed by atoms with E-state index in [0.717, 1.165) is 36.6 Å². The molecule has 0 aliphatic carbocycles. The van der Waals surface area contributed by atoms with E-state index in [1.165, 1.54) is 6.92 Å². The molecule has 10 heteroatoms. The Morgan fingerprint density at radius 2 is 1.68 bits per heavy atom. The molecule has 0 unspecified atom stereocenters. The first kappa shape index (κ1) is 30.3. The lowest BCUT2D eigenvalue weighted by Crippen LogP contribution is -2.52. The first-order valence-electron chi connectivity index (χ1n) is 13.0. The van der Waals surface area contributed by atoms with Crippen molar-refractivity contribution in [2.45, 2.75) is 83.8 Å². The molecule has 1 aromatic rings. The molecule has 9 nitrogen and oxygen atoms in total. The fourth-order valence-corrected chi connectivity index (χ4v) is 4.99. The van der Waals surface area contributed by atoms with Crippen LogP contribution >= 0.6 is 11.8 Å². The Kier molecular flexibility index (Phi) is 13.2. The van der Waals surface area contributed by atoms with Gasteiger partial charge in [0.15, 0.2) is 0 Å². The average Bonchev–Trinajstić information content (AvgIpc) is 2.84. The van der Waals surface area contributed by atoms with Gasteiger partial charge in [0.2, 0.25) is 28.7 Å². The number of carbonyl (C=O) groups excluding carboxylic acids is 5. The molecular weight excluding hydrogens is 492 g/mol. The van der Waals surface area contributed by atoms with Crippen LogP contribution in [0.4, 0.5) is 0 Å². The van der Waals surface area contributed by atoms with Gasteiger partial charge in [-0.2, -0.15) is 0 Å². The number of rotatable bonds is 5. The quantitative estimate of drug-likeness (QED) is 0.459. The molecule has 1 saturated heterocycles. The molecule has 0 spiro atoms. The van der Waals surface area contributed by atoms with Crippen LogP contribution in [-0.4, -0.2) is 59.2 Å². The number of hydrogen-bond acceptors (Lipinski definition) is 6. The van der Waals surface area contributed by atoms with Crippen LogP contribution in [0.1, 0.15) is 64.9 Å². The molecule has 3 atom stereocenters. The van der Waals surface area contributed by atoms with Gasteiger partial charge in [0.05, 0.1) is 0 Å². The summed E-state index contributed by atoms with van der Waals surface area (Å²) < 4.78 is 0. The Morgan fingerprint density at radius 3 is 2.35 bits per heavy atom. The van der Waals surface area contributed by atoms with E-state index in [-0.39, 0.29) is 40.9 Å². The zero-order valence-corrected chi connectivity index (χ0v) is 22.8. The fourth-order valence-electron chi connectivity index (χ4n) is 4.08. The zero-order valence-electron chi connectivity index (χ0n) is 22.0. The number of thioether (sulfide) groups is 1. The van der Waals surface area contributed by atoms with Crippen LogP contribution in [0.25, 0.3) is 0 Å². The molecule has 0 saturated carbocycles. The molecule has 4 N–H and O–H groups in total. The predicted octanol–water partition coefficient (Wildman–Crippen LogP) is 2.09. The summed E-state index contributed by atoms with van der Waals surface area (Å²) in [5.74, 6) is -1.11. The third kappa shape index (κ3) is 11.8. The SMILES string of the molecule is CC(=O)N[C@H]1CSC(=O)[C@H](Cc2ccccc2)NC(=O)[C@H](CC(C)C)NC(=O)CCCCCCNC1=O. The van der Waals surface area contributed by atoms with E-state index in [2.05, 4.69) is 21.3 Å². The highest BCUT2D eigenvalue weighted by Crippen LogP contribution is 2.15. The van der Waals surface area contributed by atoms with E-state index in [0.29, 0.717) is 25.8 Å². The average molecular weight is 533 g/mol. The molecule has 0 radical (unpaired) electrons. The monoisotopic (exact) mass is 532 g/mol. The highest BCUT2D eigenvalue weighted by atomic mass is 32.2. The molecule has 1 aliphatic rings. The Hall–Kier alpha value is -2.88. The van der Waals surface area contributed by atoms with Gasteiger partial charge in [-0.15, -0.1) is 0 Å². The summed E-state index contributed by atoms with van der Waals surface area (Å²) in [5, 5.41) is 10.8. The first-order chi connectivity index (χ1) is 17.7. The van der Waals surface area contributed by atoms with Crippen LogP contribution in [0.2, 0.25) is 0 Å². The number of benzene rings is 1. The summed E-state index contributed by atoms with van der Waals surface area (Å²) in [7, 11) is 0. The van der Waals surface area contributed by atoms with Crippen molar-refractivity contribution in [2.75, 3.05) is 12.3 Å². The predicted molar refractivity (Wildman–Crippen MR) is 145 cm³/mol. The molecular formula is C27H40N4O5S. The van der Waals surface area contributed by atoms with Crippen LogP contribution in [0, 0.1) is 5.92 Å². The van der Waals surface area contributed by atoms with E-state index in [1.54, 1.807) is 0 Å². The summed E-state index contributed by atoms with van der Waals surface area (Å²) in [5.41, 5.74) is 0.865. The lowest BCUT2D eigenvalue weighted by molar-refractivity contribution is -0.130. The summed E-state index contributed by atoms with van der Waals surface area (Å²) >= 11 is 0.902. The maximum Gasteiger partial charge on any atom is 0.243 e. The van der Waals surface area contributed by atoms with Gasteiger partial charge in [0.25, 0.3) is 0 Å². The van der Waals surface area contributed by atoms with Crippen molar-refractivity contribution in [2.24, 2.45) is 5.92 Å². The number of nitrogens with one attached hydrogen (secondary N) is 4. The topological polar surface area (TPSA) is 133 Å². The van der Waals surface area contributed by atoms with Crippen LogP contribution in [-0.2, 0) is 30.4 Å². The maximum atomic E-state index is 13.3. The second-order valence-electron chi connectivity index (χ2n) is 9.84. The van der Waals surface area contributed by atoms with Gasteiger partial charge in [-0.25, -0.2) is 0 Å². The molecule has 0 bridgehead atoms. The zero-order chi connectivity index (χ0) is 27.2. The van der Waals surface area contributed by atoms with Gasteiger partial charge in [-0.3, -0.25) is 24.0 Å². The van der Waals surface area contributed by atoms with E-state index >= 15 is 0 Å². The van der Waals surface area contributed by atoms with Gasteiger partial charge in [0.1, 0.15) is 18.1 Å². The van der Waals surface area contributed by atoms with Gasteiger partial charge >= 0.3 is 0 Å². The highest BCUT2D eigenvalue weighted by molar-refractivity contribution is 8.13. The van der Waals surface area contributed by atoms with Crippen molar-refractivity contribution in [1.29, 1.82) is 0 Å². The maximum absolute atomic E-state index is 13.3. The molecule has 4 amide bonds. The van der Waals surface area contributed by atoms with Crippen LogP contribution in [0.3, 0.4) is 0 Å². The smallest absolute Gasteiger partial charge is 0.243 e. The minimum Gasteiger partial charge on any atom is -0.354 e. The molecule has 1 aromatic carbocycles. The fraction of sp³-hybridized carbons (Fsp3) is 0.593. The van der Waals surface area contributed by atoms with Crippen molar-refractivity contribution in [3.8, 4) is 0 Å². The van der Waals surface area contributed by atoms with Gasteiger partial charge in [0, 0.05) is 32.1 Å². The van der Waals surface area contributed by atoms with Crippen molar-refractivity contribution in [1.82, 2.24) is 21.3 Å². The van der Waals surface area contributed by atoms with Crippen molar-refractivity contribution < 1.29 is 24.0 Å². The third-order valence-electron chi connectivity index (χ3n) is 5.96. The van der Waals surface area contributed by atoms with E-state index in [1.807, 2.05) is 44.2 Å². The van der Waals surface area contributed by atoms with Crippen LogP contribution in [0.5, 0.6) is 0 Å². The lowest BCUT2D eigenvalue weighted by atomic mass is 10.0. The Balaban J connectivity index is 2.27. The van der Waals surface area contributed by atoms with Crippen LogP contribution in [0.15, 0.2) is 30.3 Å². The molecule has 0 aromatic heterocycles. The lowest BCUT2D eigenvalue weighted by Gasteiger charge is -2.25. The minimum absolute atomic E-state index is 0.0393. The Labute approximate surface area is 223 Å². The van der Waals surface area contributed by atoms with Crippen molar-refractivity contribution in [3.63, 3.8) is 0 Å². The van der Waals surface area contributed by atoms with Gasteiger partial charge < -0.3 is 21.3 Å². The summed E-state index contributed by atoms with van der Waals surface area (Å²) in [6.07, 6.45) is 4.09. The largest absolute Gasteiger partial charge is 0.354 e. The summed E-state index contributed by atoms with van der Waals surface area (Å²) in [6, 6.07) is 6.84. The molecule has 204 valence electrons.